The van der Waals surface area contributed by atoms with Gasteiger partial charge in [0.15, 0.2) is 0 Å². The Labute approximate surface area is 122 Å². The van der Waals surface area contributed by atoms with Crippen molar-refractivity contribution in [2.75, 3.05) is 0 Å². The largest absolute Gasteiger partial charge is 0.370 e. The zero-order valence-corrected chi connectivity index (χ0v) is 12.5. The summed E-state index contributed by atoms with van der Waals surface area (Å²) in [4.78, 5) is 15.3. The van der Waals surface area contributed by atoms with Crippen molar-refractivity contribution in [3.8, 4) is 0 Å². The number of amides is 1. The molecule has 0 aliphatic rings. The molecule has 102 valence electrons. The van der Waals surface area contributed by atoms with Crippen LogP contribution in [0.1, 0.15) is 24.5 Å². The number of benzene rings is 1. The third-order valence-corrected chi connectivity index (χ3v) is 3.56. The first kappa shape index (κ1) is 14.3. The van der Waals surface area contributed by atoms with Crippen LogP contribution in [0.2, 0.25) is 0 Å². The minimum Gasteiger partial charge on any atom is -0.370 e. The molecule has 0 saturated heterocycles. The highest BCUT2D eigenvalue weighted by Crippen LogP contribution is 2.28. The second-order valence-corrected chi connectivity index (χ2v) is 5.72. The zero-order chi connectivity index (χ0) is 14.2. The fraction of sp³-hybridized carbons (Fsp3) is 0.333. The number of aryl methyl sites for hydroxylation is 1. The molecule has 1 unspecified atom stereocenters. The minimum absolute atomic E-state index is 0.153. The molecule has 0 fully saturated rings. The van der Waals surface area contributed by atoms with Crippen LogP contribution in [0.3, 0.4) is 0 Å². The molecular formula is C12H12BrClFN3O. The van der Waals surface area contributed by atoms with Gasteiger partial charge in [-0.05, 0) is 28.9 Å². The van der Waals surface area contributed by atoms with E-state index < -0.39 is 5.91 Å². The molecular weight excluding hydrogens is 337 g/mol. The second-order valence-electron chi connectivity index (χ2n) is 4.21. The van der Waals surface area contributed by atoms with Gasteiger partial charge in [0.25, 0.3) is 0 Å². The highest BCUT2D eigenvalue weighted by Gasteiger charge is 2.17. The van der Waals surface area contributed by atoms with E-state index in [1.54, 1.807) is 17.6 Å². The first-order chi connectivity index (χ1) is 8.90. The van der Waals surface area contributed by atoms with Gasteiger partial charge in [-0.15, -0.1) is 11.6 Å². The molecule has 0 saturated carbocycles. The van der Waals surface area contributed by atoms with Gasteiger partial charge in [-0.2, -0.15) is 0 Å². The molecule has 0 aliphatic carbocycles. The molecule has 7 heteroatoms. The van der Waals surface area contributed by atoms with E-state index in [1.807, 2.05) is 0 Å². The van der Waals surface area contributed by atoms with E-state index >= 15 is 0 Å². The Kier molecular flexibility index (Phi) is 4.10. The van der Waals surface area contributed by atoms with Crippen molar-refractivity contribution >= 4 is 44.5 Å². The van der Waals surface area contributed by atoms with Crippen LogP contribution in [0, 0.1) is 5.82 Å². The predicted octanol–water partition coefficient (Wildman–Crippen LogP) is 3.11. The maximum atomic E-state index is 13.6. The van der Waals surface area contributed by atoms with Crippen molar-refractivity contribution < 1.29 is 9.18 Å². The van der Waals surface area contributed by atoms with Gasteiger partial charge in [0.05, 0.1) is 20.9 Å². The number of halogens is 3. The molecule has 2 rings (SSSR count). The number of nitrogens with zero attached hydrogens (tertiary/aromatic N) is 2. The van der Waals surface area contributed by atoms with Crippen LogP contribution in [0.15, 0.2) is 16.6 Å². The Balaban J connectivity index is 2.58. The Morgan fingerprint density at radius 2 is 2.32 bits per heavy atom. The summed E-state index contributed by atoms with van der Waals surface area (Å²) in [6, 6.07) is 2.96. The van der Waals surface area contributed by atoms with E-state index in [0.717, 1.165) is 0 Å². The quantitative estimate of drug-likeness (QED) is 0.863. The molecule has 1 atom stereocenters. The average molecular weight is 349 g/mol. The van der Waals surface area contributed by atoms with Crippen LogP contribution in [-0.2, 0) is 11.3 Å². The molecule has 1 aromatic carbocycles. The summed E-state index contributed by atoms with van der Waals surface area (Å²) in [7, 11) is 0. The van der Waals surface area contributed by atoms with E-state index in [0.29, 0.717) is 27.9 Å². The standard InChI is InChI=1S/C12H12BrClFN3O/c1-6(14)12-17-9-4-7(13)8(15)5-10(9)18(12)3-2-11(16)19/h4-6H,2-3H2,1H3,(H2,16,19). The normalized spacial score (nSPS) is 12.8. The molecule has 1 heterocycles. The average Bonchev–Trinajstić information content (AvgIpc) is 2.65. The van der Waals surface area contributed by atoms with Gasteiger partial charge in [-0.25, -0.2) is 9.37 Å². The molecule has 19 heavy (non-hydrogen) atoms. The molecule has 2 aromatic rings. The zero-order valence-electron chi connectivity index (χ0n) is 10.2. The van der Waals surface area contributed by atoms with Gasteiger partial charge in [-0.3, -0.25) is 4.79 Å². The summed E-state index contributed by atoms with van der Waals surface area (Å²) in [5.74, 6) is -0.218. The Morgan fingerprint density at radius 1 is 1.63 bits per heavy atom. The summed E-state index contributed by atoms with van der Waals surface area (Å²) in [6.07, 6.45) is 0.153. The number of imidazole rings is 1. The highest BCUT2D eigenvalue weighted by molar-refractivity contribution is 9.10. The van der Waals surface area contributed by atoms with Crippen LogP contribution in [0.5, 0.6) is 0 Å². The smallest absolute Gasteiger partial charge is 0.219 e. The van der Waals surface area contributed by atoms with Crippen LogP contribution in [0.25, 0.3) is 11.0 Å². The van der Waals surface area contributed by atoms with Crippen LogP contribution in [-0.4, -0.2) is 15.5 Å². The number of hydrogen-bond donors (Lipinski definition) is 1. The molecule has 1 amide bonds. The highest BCUT2D eigenvalue weighted by atomic mass is 79.9. The van der Waals surface area contributed by atoms with Crippen molar-refractivity contribution in [2.24, 2.45) is 5.73 Å². The van der Waals surface area contributed by atoms with Crippen molar-refractivity contribution in [2.45, 2.75) is 25.3 Å². The van der Waals surface area contributed by atoms with E-state index in [4.69, 9.17) is 17.3 Å². The lowest BCUT2D eigenvalue weighted by atomic mass is 10.3. The lowest BCUT2D eigenvalue weighted by Gasteiger charge is -2.09. The number of rotatable bonds is 4. The first-order valence-corrected chi connectivity index (χ1v) is 6.90. The number of primary amides is 1. The third-order valence-electron chi connectivity index (χ3n) is 2.76. The summed E-state index contributed by atoms with van der Waals surface area (Å²) >= 11 is 9.19. The molecule has 0 bridgehead atoms. The summed E-state index contributed by atoms with van der Waals surface area (Å²) in [5.41, 5.74) is 6.37. The van der Waals surface area contributed by atoms with Gasteiger partial charge in [0, 0.05) is 19.0 Å². The number of fused-ring (bicyclic) bond motifs is 1. The van der Waals surface area contributed by atoms with E-state index in [-0.39, 0.29) is 17.6 Å². The lowest BCUT2D eigenvalue weighted by Crippen LogP contribution is -2.15. The SMILES string of the molecule is CC(Cl)c1nc2cc(Br)c(F)cc2n1CCC(N)=O. The minimum atomic E-state index is -0.424. The molecule has 4 nitrogen and oxygen atoms in total. The third kappa shape index (κ3) is 2.90. The summed E-state index contributed by atoms with van der Waals surface area (Å²) in [6.45, 7) is 2.11. The number of aromatic nitrogens is 2. The van der Waals surface area contributed by atoms with Gasteiger partial charge in [0.1, 0.15) is 11.6 Å². The summed E-state index contributed by atoms with van der Waals surface area (Å²) < 4.78 is 15.7. The van der Waals surface area contributed by atoms with Crippen LogP contribution in [0.4, 0.5) is 4.39 Å². The Bertz CT molecular complexity index is 641. The lowest BCUT2D eigenvalue weighted by molar-refractivity contribution is -0.118. The van der Waals surface area contributed by atoms with Gasteiger partial charge < -0.3 is 10.3 Å². The van der Waals surface area contributed by atoms with Gasteiger partial charge in [0.2, 0.25) is 5.91 Å². The Morgan fingerprint density at radius 3 is 2.89 bits per heavy atom. The van der Waals surface area contributed by atoms with Crippen molar-refractivity contribution in [3.05, 3.63) is 28.2 Å². The number of hydrogen-bond acceptors (Lipinski definition) is 2. The molecule has 0 radical (unpaired) electrons. The number of carbonyl (C=O) groups is 1. The Hall–Kier alpha value is -1.14. The first-order valence-electron chi connectivity index (χ1n) is 5.67. The van der Waals surface area contributed by atoms with Gasteiger partial charge in [-0.1, -0.05) is 0 Å². The number of nitrogens with two attached hydrogens (primary N) is 1. The number of alkyl halides is 1. The molecule has 1 aromatic heterocycles. The van der Waals surface area contributed by atoms with Crippen LogP contribution >= 0.6 is 27.5 Å². The predicted molar refractivity (Wildman–Crippen MR) is 75.5 cm³/mol. The fourth-order valence-electron chi connectivity index (χ4n) is 1.90. The van der Waals surface area contributed by atoms with E-state index in [1.165, 1.54) is 6.07 Å². The fourth-order valence-corrected chi connectivity index (χ4v) is 2.40. The van der Waals surface area contributed by atoms with Crippen LogP contribution < -0.4 is 5.73 Å². The summed E-state index contributed by atoms with van der Waals surface area (Å²) in [5, 5.41) is -0.345. The second kappa shape index (κ2) is 5.46. The molecule has 0 aliphatic heterocycles. The molecule has 0 spiro atoms. The van der Waals surface area contributed by atoms with Crippen molar-refractivity contribution in [3.63, 3.8) is 0 Å². The van der Waals surface area contributed by atoms with E-state index in [9.17, 15) is 9.18 Å². The van der Waals surface area contributed by atoms with Crippen molar-refractivity contribution in [1.29, 1.82) is 0 Å². The van der Waals surface area contributed by atoms with Crippen molar-refractivity contribution in [1.82, 2.24) is 9.55 Å². The molecule has 2 N–H and O–H groups in total. The number of carbonyl (C=O) groups excluding carboxylic acids is 1. The van der Waals surface area contributed by atoms with Gasteiger partial charge >= 0.3 is 0 Å². The van der Waals surface area contributed by atoms with E-state index in [2.05, 4.69) is 20.9 Å². The topological polar surface area (TPSA) is 60.9 Å². The maximum Gasteiger partial charge on any atom is 0.219 e. The maximum absolute atomic E-state index is 13.6. The monoisotopic (exact) mass is 347 g/mol.